The molecular weight excluding hydrogens is 304 g/mol. The van der Waals surface area contributed by atoms with Crippen LogP contribution in [0.25, 0.3) is 0 Å². The van der Waals surface area contributed by atoms with Crippen LogP contribution in [0, 0.1) is 5.92 Å². The van der Waals surface area contributed by atoms with E-state index in [1.165, 1.54) is 25.7 Å². The molecule has 1 heterocycles. The second kappa shape index (κ2) is 10.5. The third kappa shape index (κ3) is 6.65. The molecule has 0 fully saturated rings. The van der Waals surface area contributed by atoms with E-state index in [0.717, 1.165) is 26.2 Å². The first-order chi connectivity index (χ1) is 11.4. The molecule has 0 amide bonds. The molecule has 24 heavy (non-hydrogen) atoms. The van der Waals surface area contributed by atoms with Gasteiger partial charge in [0.2, 0.25) is 0 Å². The second-order valence-corrected chi connectivity index (χ2v) is 6.94. The monoisotopic (exact) mass is 339 g/mol. The number of carbonyl (C=O) groups is 1. The Balaban J connectivity index is 2.30. The van der Waals surface area contributed by atoms with Crippen molar-refractivity contribution in [3.63, 3.8) is 0 Å². The minimum atomic E-state index is -0.387. The fourth-order valence-corrected chi connectivity index (χ4v) is 2.75. The average molecular weight is 340 g/mol. The Labute approximate surface area is 147 Å². The summed E-state index contributed by atoms with van der Waals surface area (Å²) in [5.74, 6) is 0.311. The predicted molar refractivity (Wildman–Crippen MR) is 96.8 cm³/mol. The molecule has 0 aromatic rings. The van der Waals surface area contributed by atoms with Crippen LogP contribution in [0.2, 0.25) is 0 Å². The summed E-state index contributed by atoms with van der Waals surface area (Å²) >= 11 is 0. The van der Waals surface area contributed by atoms with E-state index < -0.39 is 0 Å². The van der Waals surface area contributed by atoms with E-state index in [-0.39, 0.29) is 12.3 Å². The molecule has 0 saturated heterocycles. The number of unbranched alkanes of at least 4 members (excludes halogenated alkanes) is 1. The second-order valence-electron chi connectivity index (χ2n) is 6.94. The predicted octanol–water partition coefficient (Wildman–Crippen LogP) is 3.53. The molecule has 0 spiro atoms. The van der Waals surface area contributed by atoms with Crippen molar-refractivity contribution in [3.05, 3.63) is 24.6 Å². The Kier molecular flexibility index (Phi) is 9.08. The standard InChI is InChI=1S/C19H35N2O3/c1-6-8-10-17(7-2)15-23-14-9-12-21(5)13-11-20-19(21)24-18(22)16(3)4/h11,13,17,19-20H,3,6-10,12,14-15H2,1-2,4-5H3/q+1. The lowest BCUT2D eigenvalue weighted by atomic mass is 10.0. The van der Waals surface area contributed by atoms with Crippen LogP contribution in [0.5, 0.6) is 0 Å². The van der Waals surface area contributed by atoms with E-state index in [1.54, 1.807) is 6.92 Å². The fraction of sp³-hybridized carbons (Fsp3) is 0.737. The van der Waals surface area contributed by atoms with Crippen molar-refractivity contribution >= 4 is 5.97 Å². The Morgan fingerprint density at radius 2 is 2.12 bits per heavy atom. The molecule has 3 unspecified atom stereocenters. The SMILES string of the molecule is C=C(C)C(=O)OC1NC=C[N+]1(C)CCCOCC(CC)CCCC. The zero-order valence-electron chi connectivity index (χ0n) is 15.8. The van der Waals surface area contributed by atoms with Gasteiger partial charge in [0.25, 0.3) is 0 Å². The number of rotatable bonds is 12. The Morgan fingerprint density at radius 3 is 2.75 bits per heavy atom. The molecule has 0 saturated carbocycles. The van der Waals surface area contributed by atoms with Crippen molar-refractivity contribution in [1.82, 2.24) is 5.32 Å². The normalized spacial score (nSPS) is 23.8. The Morgan fingerprint density at radius 1 is 1.38 bits per heavy atom. The molecule has 1 N–H and O–H groups in total. The summed E-state index contributed by atoms with van der Waals surface area (Å²) in [6.07, 6.45) is 9.36. The summed E-state index contributed by atoms with van der Waals surface area (Å²) in [6.45, 7) is 12.2. The van der Waals surface area contributed by atoms with Gasteiger partial charge in [-0.15, -0.1) is 0 Å². The van der Waals surface area contributed by atoms with Gasteiger partial charge in [-0.3, -0.25) is 0 Å². The number of nitrogens with one attached hydrogen (secondary N) is 1. The molecule has 0 radical (unpaired) electrons. The largest absolute Gasteiger partial charge is 0.389 e. The lowest BCUT2D eigenvalue weighted by Crippen LogP contribution is -2.52. The number of quaternary nitrogens is 1. The number of hydrogen-bond donors (Lipinski definition) is 1. The first kappa shape index (κ1) is 20.7. The van der Waals surface area contributed by atoms with Gasteiger partial charge in [0.05, 0.1) is 26.4 Å². The highest BCUT2D eigenvalue weighted by Gasteiger charge is 2.37. The van der Waals surface area contributed by atoms with Gasteiger partial charge >= 0.3 is 12.3 Å². The minimum Gasteiger partial charge on any atom is -0.389 e. The molecule has 0 aliphatic carbocycles. The van der Waals surface area contributed by atoms with Gasteiger partial charge < -0.3 is 14.8 Å². The topological polar surface area (TPSA) is 47.6 Å². The van der Waals surface area contributed by atoms with E-state index in [4.69, 9.17) is 9.47 Å². The lowest BCUT2D eigenvalue weighted by Gasteiger charge is -2.32. The number of ether oxygens (including phenoxy) is 2. The Hall–Kier alpha value is -1.33. The number of carbonyl (C=O) groups excluding carboxylic acids is 1. The molecule has 1 aliphatic rings. The molecule has 5 nitrogen and oxygen atoms in total. The highest BCUT2D eigenvalue weighted by molar-refractivity contribution is 5.87. The maximum absolute atomic E-state index is 11.7. The van der Waals surface area contributed by atoms with Gasteiger partial charge in [-0.05, 0) is 19.3 Å². The summed E-state index contributed by atoms with van der Waals surface area (Å²) in [5, 5.41) is 3.09. The van der Waals surface area contributed by atoms with Crippen molar-refractivity contribution in [1.29, 1.82) is 0 Å². The van der Waals surface area contributed by atoms with E-state index in [1.807, 2.05) is 19.4 Å². The highest BCUT2D eigenvalue weighted by Crippen LogP contribution is 2.19. The summed E-state index contributed by atoms with van der Waals surface area (Å²) < 4.78 is 11.9. The summed E-state index contributed by atoms with van der Waals surface area (Å²) in [5.41, 5.74) is 0.413. The first-order valence-corrected chi connectivity index (χ1v) is 9.15. The Bertz CT molecular complexity index is 436. The maximum atomic E-state index is 11.7. The van der Waals surface area contributed by atoms with Crippen LogP contribution < -0.4 is 5.32 Å². The highest BCUT2D eigenvalue weighted by atomic mass is 16.6. The summed E-state index contributed by atoms with van der Waals surface area (Å²) in [4.78, 5) is 11.7. The number of nitrogens with zero attached hydrogens (tertiary/aromatic N) is 1. The van der Waals surface area contributed by atoms with Crippen molar-refractivity contribution in [2.24, 2.45) is 5.92 Å². The van der Waals surface area contributed by atoms with Crippen LogP contribution in [0.4, 0.5) is 0 Å². The first-order valence-electron chi connectivity index (χ1n) is 9.15. The smallest absolute Gasteiger partial charge is 0.339 e. The molecular formula is C19H35N2O3+. The molecule has 1 rings (SSSR count). The van der Waals surface area contributed by atoms with Gasteiger partial charge in [0.1, 0.15) is 6.20 Å². The van der Waals surface area contributed by atoms with Gasteiger partial charge in [-0.25, -0.2) is 9.28 Å². The van der Waals surface area contributed by atoms with Gasteiger partial charge in [0.15, 0.2) is 0 Å². The van der Waals surface area contributed by atoms with Gasteiger partial charge in [0, 0.05) is 18.6 Å². The quantitative estimate of drug-likeness (QED) is 0.256. The van der Waals surface area contributed by atoms with E-state index in [9.17, 15) is 4.79 Å². The minimum absolute atomic E-state index is 0.362. The molecule has 0 aromatic heterocycles. The van der Waals surface area contributed by atoms with Gasteiger partial charge in [-0.1, -0.05) is 39.7 Å². The van der Waals surface area contributed by atoms with E-state index >= 15 is 0 Å². The van der Waals surface area contributed by atoms with Crippen LogP contribution in [-0.4, -0.2) is 43.6 Å². The number of esters is 1. The summed E-state index contributed by atoms with van der Waals surface area (Å²) in [7, 11) is 2.04. The van der Waals surface area contributed by atoms with Gasteiger partial charge in [-0.2, -0.15) is 0 Å². The molecule has 3 atom stereocenters. The summed E-state index contributed by atoms with van der Waals surface area (Å²) in [6, 6.07) is 0. The van der Waals surface area contributed by atoms with Crippen LogP contribution in [0.15, 0.2) is 24.6 Å². The number of hydrogen-bond acceptors (Lipinski definition) is 4. The molecule has 1 aliphatic heterocycles. The van der Waals surface area contributed by atoms with Crippen molar-refractivity contribution in [3.8, 4) is 0 Å². The van der Waals surface area contributed by atoms with Crippen LogP contribution in [0.3, 0.4) is 0 Å². The van der Waals surface area contributed by atoms with Crippen LogP contribution >= 0.6 is 0 Å². The van der Waals surface area contributed by atoms with Crippen molar-refractivity contribution < 1.29 is 18.8 Å². The third-order valence-corrected chi connectivity index (χ3v) is 4.58. The zero-order valence-corrected chi connectivity index (χ0v) is 15.8. The molecule has 138 valence electrons. The molecule has 5 heteroatoms. The molecule has 0 aromatic carbocycles. The van der Waals surface area contributed by atoms with Crippen LogP contribution in [-0.2, 0) is 14.3 Å². The van der Waals surface area contributed by atoms with E-state index in [2.05, 4.69) is 25.7 Å². The third-order valence-electron chi connectivity index (χ3n) is 4.58. The zero-order chi connectivity index (χ0) is 18.0. The van der Waals surface area contributed by atoms with E-state index in [0.29, 0.717) is 16.0 Å². The van der Waals surface area contributed by atoms with Crippen molar-refractivity contribution in [2.75, 3.05) is 26.8 Å². The lowest BCUT2D eigenvalue weighted by molar-refractivity contribution is -0.903. The van der Waals surface area contributed by atoms with Crippen LogP contribution in [0.1, 0.15) is 52.9 Å². The maximum Gasteiger partial charge on any atom is 0.339 e. The molecule has 0 bridgehead atoms. The van der Waals surface area contributed by atoms with Crippen molar-refractivity contribution in [2.45, 2.75) is 59.2 Å². The fourth-order valence-electron chi connectivity index (χ4n) is 2.75. The average Bonchev–Trinajstić information content (AvgIpc) is 2.91.